The van der Waals surface area contributed by atoms with Crippen molar-refractivity contribution in [1.82, 2.24) is 9.88 Å². The van der Waals surface area contributed by atoms with Crippen LogP contribution in [0.3, 0.4) is 0 Å². The number of carbonyl (C=O) groups is 1. The minimum absolute atomic E-state index is 0.0938. The molecule has 0 bridgehead atoms. The molecule has 5 heteroatoms. The molecule has 2 fully saturated rings. The smallest absolute Gasteiger partial charge is 0.229 e. The summed E-state index contributed by atoms with van der Waals surface area (Å²) < 4.78 is 5.10. The number of methoxy groups -OCH3 is 1. The Balaban J connectivity index is 1.52. The maximum Gasteiger partial charge on any atom is 0.229 e. The SMILES string of the molecule is COCCc1ccnc(NC(=O)C2CCN(C3CCCCC3)C2)c1. The van der Waals surface area contributed by atoms with E-state index in [4.69, 9.17) is 4.74 Å². The van der Waals surface area contributed by atoms with Gasteiger partial charge >= 0.3 is 0 Å². The van der Waals surface area contributed by atoms with Crippen LogP contribution in [-0.2, 0) is 16.0 Å². The number of hydrogen-bond acceptors (Lipinski definition) is 4. The third-order valence-electron chi connectivity index (χ3n) is 5.35. The van der Waals surface area contributed by atoms with Crippen LogP contribution in [0.2, 0.25) is 0 Å². The first-order chi connectivity index (χ1) is 11.8. The fraction of sp³-hybridized carbons (Fsp3) is 0.684. The topological polar surface area (TPSA) is 54.5 Å². The number of nitrogens with zero attached hydrogens (tertiary/aromatic N) is 2. The Hall–Kier alpha value is -1.46. The van der Waals surface area contributed by atoms with Crippen molar-refractivity contribution in [3.63, 3.8) is 0 Å². The molecule has 0 radical (unpaired) electrons. The molecule has 1 saturated carbocycles. The molecule has 0 spiro atoms. The molecule has 2 heterocycles. The highest BCUT2D eigenvalue weighted by Gasteiger charge is 2.32. The second-order valence-corrected chi connectivity index (χ2v) is 7.05. The normalized spacial score (nSPS) is 22.6. The zero-order valence-electron chi connectivity index (χ0n) is 14.7. The van der Waals surface area contributed by atoms with Gasteiger partial charge < -0.3 is 10.1 Å². The van der Waals surface area contributed by atoms with Crippen molar-refractivity contribution in [2.24, 2.45) is 5.92 Å². The number of rotatable bonds is 6. The van der Waals surface area contributed by atoms with E-state index in [2.05, 4.69) is 15.2 Å². The number of pyridine rings is 1. The number of amides is 1. The molecule has 1 aliphatic carbocycles. The van der Waals surface area contributed by atoms with E-state index in [0.29, 0.717) is 18.5 Å². The van der Waals surface area contributed by atoms with E-state index in [9.17, 15) is 4.79 Å². The first kappa shape index (κ1) is 17.4. The van der Waals surface area contributed by atoms with Gasteiger partial charge in [0.15, 0.2) is 0 Å². The summed E-state index contributed by atoms with van der Waals surface area (Å²) in [7, 11) is 1.70. The van der Waals surface area contributed by atoms with E-state index < -0.39 is 0 Å². The molecule has 1 atom stereocenters. The third kappa shape index (κ3) is 4.54. The van der Waals surface area contributed by atoms with E-state index in [0.717, 1.165) is 31.5 Å². The number of aromatic nitrogens is 1. The molecule has 1 aromatic heterocycles. The maximum absolute atomic E-state index is 12.6. The second kappa shape index (κ2) is 8.58. The lowest BCUT2D eigenvalue weighted by molar-refractivity contribution is -0.119. The van der Waals surface area contributed by atoms with Crippen LogP contribution in [0.5, 0.6) is 0 Å². The number of ether oxygens (including phenoxy) is 1. The number of anilines is 1. The van der Waals surface area contributed by atoms with Crippen LogP contribution in [0.25, 0.3) is 0 Å². The van der Waals surface area contributed by atoms with Gasteiger partial charge in [-0.3, -0.25) is 9.69 Å². The van der Waals surface area contributed by atoms with Crippen LogP contribution < -0.4 is 5.32 Å². The maximum atomic E-state index is 12.6. The fourth-order valence-corrected chi connectivity index (χ4v) is 3.93. The van der Waals surface area contributed by atoms with Gasteiger partial charge in [0.05, 0.1) is 12.5 Å². The van der Waals surface area contributed by atoms with Gasteiger partial charge in [-0.1, -0.05) is 19.3 Å². The van der Waals surface area contributed by atoms with Gasteiger partial charge in [-0.25, -0.2) is 4.98 Å². The van der Waals surface area contributed by atoms with Gasteiger partial charge in [-0.05, 0) is 49.9 Å². The standard InChI is InChI=1S/C19H29N3O2/c1-24-12-9-15-7-10-20-18(13-15)21-19(23)16-8-11-22(14-16)17-5-3-2-4-6-17/h7,10,13,16-17H,2-6,8-9,11-12,14H2,1H3,(H,20,21,23). The minimum atomic E-state index is 0.0938. The summed E-state index contributed by atoms with van der Waals surface area (Å²) in [4.78, 5) is 19.4. The first-order valence-electron chi connectivity index (χ1n) is 9.25. The summed E-state index contributed by atoms with van der Waals surface area (Å²) in [5, 5.41) is 3.01. The van der Waals surface area contributed by atoms with Gasteiger partial charge in [-0.15, -0.1) is 0 Å². The summed E-state index contributed by atoms with van der Waals surface area (Å²) in [6.07, 6.45) is 10.2. The van der Waals surface area contributed by atoms with Crippen molar-refractivity contribution in [2.75, 3.05) is 32.1 Å². The van der Waals surface area contributed by atoms with Gasteiger partial charge in [0.25, 0.3) is 0 Å². The van der Waals surface area contributed by atoms with Crippen molar-refractivity contribution >= 4 is 11.7 Å². The van der Waals surface area contributed by atoms with Crippen molar-refractivity contribution in [2.45, 2.75) is 51.0 Å². The Morgan fingerprint density at radius 2 is 2.17 bits per heavy atom. The van der Waals surface area contributed by atoms with Gasteiger partial charge in [0.2, 0.25) is 5.91 Å². The molecule has 1 aliphatic heterocycles. The van der Waals surface area contributed by atoms with E-state index >= 15 is 0 Å². The zero-order chi connectivity index (χ0) is 16.8. The lowest BCUT2D eigenvalue weighted by Gasteiger charge is -2.30. The molecule has 132 valence electrons. The number of nitrogens with one attached hydrogen (secondary N) is 1. The van der Waals surface area contributed by atoms with Crippen LogP contribution >= 0.6 is 0 Å². The molecular formula is C19H29N3O2. The molecule has 1 N–H and O–H groups in total. The molecule has 24 heavy (non-hydrogen) atoms. The van der Waals surface area contributed by atoms with E-state index in [1.165, 1.54) is 32.1 Å². The second-order valence-electron chi connectivity index (χ2n) is 7.05. The quantitative estimate of drug-likeness (QED) is 0.871. The van der Waals surface area contributed by atoms with Crippen LogP contribution in [0.4, 0.5) is 5.82 Å². The Bertz CT molecular complexity index is 543. The molecule has 1 amide bonds. The summed E-state index contributed by atoms with van der Waals surface area (Å²) >= 11 is 0. The monoisotopic (exact) mass is 331 g/mol. The number of likely N-dealkylation sites (tertiary alicyclic amines) is 1. The van der Waals surface area contributed by atoms with Gasteiger partial charge in [-0.2, -0.15) is 0 Å². The lowest BCUT2D eigenvalue weighted by atomic mass is 9.94. The average Bonchev–Trinajstić information content (AvgIpc) is 3.11. The molecule has 0 aromatic carbocycles. The minimum Gasteiger partial charge on any atom is -0.384 e. The van der Waals surface area contributed by atoms with Crippen LogP contribution in [-0.4, -0.2) is 48.6 Å². The van der Waals surface area contributed by atoms with Crippen LogP contribution in [0, 0.1) is 5.92 Å². The largest absolute Gasteiger partial charge is 0.384 e. The van der Waals surface area contributed by atoms with Crippen molar-refractivity contribution in [3.05, 3.63) is 23.9 Å². The van der Waals surface area contributed by atoms with Gasteiger partial charge in [0.1, 0.15) is 5.82 Å². The average molecular weight is 331 g/mol. The highest BCUT2D eigenvalue weighted by atomic mass is 16.5. The number of hydrogen-bond donors (Lipinski definition) is 1. The summed E-state index contributed by atoms with van der Waals surface area (Å²) in [6, 6.07) is 4.62. The van der Waals surface area contributed by atoms with Gasteiger partial charge in [0, 0.05) is 25.9 Å². The summed E-state index contributed by atoms with van der Waals surface area (Å²) in [5.41, 5.74) is 1.14. The lowest BCUT2D eigenvalue weighted by Crippen LogP contribution is -2.36. The predicted octanol–water partition coefficient (Wildman–Crippen LogP) is 2.86. The Morgan fingerprint density at radius 3 is 2.96 bits per heavy atom. The van der Waals surface area contributed by atoms with E-state index in [1.54, 1.807) is 13.3 Å². The Morgan fingerprint density at radius 1 is 1.33 bits per heavy atom. The van der Waals surface area contributed by atoms with Crippen molar-refractivity contribution < 1.29 is 9.53 Å². The molecular weight excluding hydrogens is 302 g/mol. The highest BCUT2D eigenvalue weighted by Crippen LogP contribution is 2.28. The molecule has 1 saturated heterocycles. The molecule has 5 nitrogen and oxygen atoms in total. The zero-order valence-corrected chi connectivity index (χ0v) is 14.7. The van der Waals surface area contributed by atoms with E-state index in [1.807, 2.05) is 12.1 Å². The van der Waals surface area contributed by atoms with Crippen LogP contribution in [0.1, 0.15) is 44.1 Å². The van der Waals surface area contributed by atoms with Crippen LogP contribution in [0.15, 0.2) is 18.3 Å². The van der Waals surface area contributed by atoms with E-state index in [-0.39, 0.29) is 11.8 Å². The number of carbonyl (C=O) groups excluding carboxylic acids is 1. The molecule has 1 aromatic rings. The Kier molecular flexibility index (Phi) is 6.21. The molecule has 1 unspecified atom stereocenters. The fourth-order valence-electron chi connectivity index (χ4n) is 3.93. The predicted molar refractivity (Wildman–Crippen MR) is 95.0 cm³/mol. The summed E-state index contributed by atoms with van der Waals surface area (Å²) in [6.45, 7) is 2.64. The highest BCUT2D eigenvalue weighted by molar-refractivity contribution is 5.92. The molecule has 3 rings (SSSR count). The summed E-state index contributed by atoms with van der Waals surface area (Å²) in [5.74, 6) is 0.866. The molecule has 2 aliphatic rings. The van der Waals surface area contributed by atoms with Crippen molar-refractivity contribution in [3.8, 4) is 0 Å². The van der Waals surface area contributed by atoms with Crippen molar-refractivity contribution in [1.29, 1.82) is 0 Å². The Labute approximate surface area is 144 Å². The first-order valence-corrected chi connectivity index (χ1v) is 9.25. The third-order valence-corrected chi connectivity index (χ3v) is 5.35.